The standard InChI is InChI=1S/C11H16N2O4S/c12-7-1-2-8-18(16,17)9-10-3-5-11(6-4-10)13(14)15/h3-6H,1-2,7-9,12H2. The van der Waals surface area contributed by atoms with Crippen molar-refractivity contribution < 1.29 is 13.3 Å². The first-order chi connectivity index (χ1) is 8.44. The first-order valence-electron chi connectivity index (χ1n) is 5.58. The lowest BCUT2D eigenvalue weighted by molar-refractivity contribution is -0.384. The number of nitrogens with zero attached hydrogens (tertiary/aromatic N) is 1. The molecule has 1 aromatic rings. The fourth-order valence-electron chi connectivity index (χ4n) is 1.51. The van der Waals surface area contributed by atoms with Crippen molar-refractivity contribution in [2.45, 2.75) is 18.6 Å². The van der Waals surface area contributed by atoms with E-state index in [1.54, 1.807) is 0 Å². The summed E-state index contributed by atoms with van der Waals surface area (Å²) in [6, 6.07) is 5.56. The van der Waals surface area contributed by atoms with Gasteiger partial charge in [0.25, 0.3) is 5.69 Å². The molecule has 0 aromatic heterocycles. The van der Waals surface area contributed by atoms with E-state index in [9.17, 15) is 18.5 Å². The molecule has 0 heterocycles. The predicted octanol–water partition coefficient (Wildman–Crippen LogP) is 1.25. The Balaban J connectivity index is 2.63. The lowest BCUT2D eigenvalue weighted by Gasteiger charge is -2.04. The average Bonchev–Trinajstić information content (AvgIpc) is 2.29. The molecule has 0 aliphatic heterocycles. The lowest BCUT2D eigenvalue weighted by Crippen LogP contribution is -2.11. The molecule has 0 unspecified atom stereocenters. The molecule has 0 saturated heterocycles. The molecular formula is C11H16N2O4S. The summed E-state index contributed by atoms with van der Waals surface area (Å²) in [5, 5.41) is 10.4. The molecule has 2 N–H and O–H groups in total. The number of rotatable bonds is 7. The molecule has 1 rings (SSSR count). The van der Waals surface area contributed by atoms with E-state index in [4.69, 9.17) is 5.73 Å². The number of non-ortho nitro benzene ring substituents is 1. The fourth-order valence-corrected chi connectivity index (χ4v) is 2.99. The van der Waals surface area contributed by atoms with Crippen molar-refractivity contribution in [2.24, 2.45) is 5.73 Å². The third-order valence-electron chi connectivity index (χ3n) is 2.44. The van der Waals surface area contributed by atoms with Gasteiger partial charge in [0.05, 0.1) is 16.4 Å². The van der Waals surface area contributed by atoms with Crippen LogP contribution in [0.4, 0.5) is 5.69 Å². The Hall–Kier alpha value is -1.47. The molecule has 100 valence electrons. The summed E-state index contributed by atoms with van der Waals surface area (Å²) < 4.78 is 23.4. The summed E-state index contributed by atoms with van der Waals surface area (Å²) in [4.78, 5) is 9.93. The van der Waals surface area contributed by atoms with Crippen LogP contribution in [0.1, 0.15) is 18.4 Å². The summed E-state index contributed by atoms with van der Waals surface area (Å²) in [5.41, 5.74) is 5.82. The second-order valence-electron chi connectivity index (χ2n) is 4.01. The maximum atomic E-state index is 11.7. The molecule has 7 heteroatoms. The van der Waals surface area contributed by atoms with Crippen LogP contribution in [0.3, 0.4) is 0 Å². The Kier molecular flexibility index (Phi) is 5.24. The molecule has 0 atom stereocenters. The number of hydrogen-bond acceptors (Lipinski definition) is 5. The Bertz CT molecular complexity index is 496. The molecule has 0 aliphatic rings. The summed E-state index contributed by atoms with van der Waals surface area (Å²) in [6.07, 6.45) is 1.23. The number of sulfone groups is 1. The van der Waals surface area contributed by atoms with E-state index in [-0.39, 0.29) is 17.2 Å². The van der Waals surface area contributed by atoms with E-state index in [1.165, 1.54) is 24.3 Å². The maximum Gasteiger partial charge on any atom is 0.269 e. The van der Waals surface area contributed by atoms with Crippen molar-refractivity contribution in [3.8, 4) is 0 Å². The van der Waals surface area contributed by atoms with Crippen molar-refractivity contribution in [1.82, 2.24) is 0 Å². The van der Waals surface area contributed by atoms with E-state index < -0.39 is 14.8 Å². The molecule has 0 amide bonds. The number of hydrogen-bond donors (Lipinski definition) is 1. The van der Waals surface area contributed by atoms with Crippen LogP contribution in [-0.4, -0.2) is 25.6 Å². The van der Waals surface area contributed by atoms with Crippen LogP contribution in [0.15, 0.2) is 24.3 Å². The summed E-state index contributed by atoms with van der Waals surface area (Å²) in [5.74, 6) is 0.0107. The molecule has 0 radical (unpaired) electrons. The Morgan fingerprint density at radius 1 is 1.17 bits per heavy atom. The van der Waals surface area contributed by atoms with Crippen molar-refractivity contribution in [3.05, 3.63) is 39.9 Å². The van der Waals surface area contributed by atoms with Crippen LogP contribution < -0.4 is 5.73 Å². The average molecular weight is 272 g/mol. The number of nitrogens with two attached hydrogens (primary N) is 1. The Morgan fingerprint density at radius 2 is 1.78 bits per heavy atom. The topological polar surface area (TPSA) is 103 Å². The van der Waals surface area contributed by atoms with Gasteiger partial charge in [0.15, 0.2) is 9.84 Å². The monoisotopic (exact) mass is 272 g/mol. The van der Waals surface area contributed by atoms with Gasteiger partial charge in [0.2, 0.25) is 0 Å². The van der Waals surface area contributed by atoms with Crippen LogP contribution in [0.2, 0.25) is 0 Å². The van der Waals surface area contributed by atoms with Gasteiger partial charge in [0.1, 0.15) is 0 Å². The summed E-state index contributed by atoms with van der Waals surface area (Å²) in [7, 11) is -3.17. The van der Waals surface area contributed by atoms with E-state index >= 15 is 0 Å². The molecule has 0 saturated carbocycles. The number of nitro groups is 1. The molecule has 6 nitrogen and oxygen atoms in total. The third kappa shape index (κ3) is 4.80. The summed E-state index contributed by atoms with van der Waals surface area (Å²) in [6.45, 7) is 0.479. The van der Waals surface area contributed by atoms with Crippen molar-refractivity contribution in [1.29, 1.82) is 0 Å². The molecular weight excluding hydrogens is 256 g/mol. The molecule has 18 heavy (non-hydrogen) atoms. The van der Waals surface area contributed by atoms with Crippen LogP contribution in [0, 0.1) is 10.1 Å². The molecule has 0 spiro atoms. The zero-order valence-electron chi connectivity index (χ0n) is 9.91. The lowest BCUT2D eigenvalue weighted by atomic mass is 10.2. The van der Waals surface area contributed by atoms with Gasteiger partial charge in [-0.2, -0.15) is 0 Å². The highest BCUT2D eigenvalue weighted by molar-refractivity contribution is 7.90. The summed E-state index contributed by atoms with van der Waals surface area (Å²) >= 11 is 0. The van der Waals surface area contributed by atoms with E-state index in [0.717, 1.165) is 0 Å². The third-order valence-corrected chi connectivity index (χ3v) is 4.13. The van der Waals surface area contributed by atoms with Crippen LogP contribution >= 0.6 is 0 Å². The van der Waals surface area contributed by atoms with Crippen LogP contribution in [0.25, 0.3) is 0 Å². The zero-order chi connectivity index (χ0) is 13.6. The van der Waals surface area contributed by atoms with Gasteiger partial charge in [0, 0.05) is 12.1 Å². The molecule has 0 bridgehead atoms. The molecule has 1 aromatic carbocycles. The minimum Gasteiger partial charge on any atom is -0.330 e. The molecule has 0 fully saturated rings. The zero-order valence-corrected chi connectivity index (χ0v) is 10.7. The second-order valence-corrected chi connectivity index (χ2v) is 6.20. The van der Waals surface area contributed by atoms with Crippen molar-refractivity contribution in [3.63, 3.8) is 0 Å². The first kappa shape index (κ1) is 14.6. The molecule has 0 aliphatic carbocycles. The van der Waals surface area contributed by atoms with Gasteiger partial charge < -0.3 is 5.73 Å². The van der Waals surface area contributed by atoms with Crippen LogP contribution in [0.5, 0.6) is 0 Å². The maximum absolute atomic E-state index is 11.7. The highest BCUT2D eigenvalue weighted by Gasteiger charge is 2.12. The van der Waals surface area contributed by atoms with E-state index in [0.29, 0.717) is 24.9 Å². The first-order valence-corrected chi connectivity index (χ1v) is 7.40. The minimum absolute atomic E-state index is 0.0423. The SMILES string of the molecule is NCCCCS(=O)(=O)Cc1ccc([N+](=O)[O-])cc1. The van der Waals surface area contributed by atoms with Gasteiger partial charge in [-0.15, -0.1) is 0 Å². The van der Waals surface area contributed by atoms with Gasteiger partial charge in [-0.1, -0.05) is 12.1 Å². The number of benzene rings is 1. The highest BCUT2D eigenvalue weighted by atomic mass is 32.2. The van der Waals surface area contributed by atoms with Crippen molar-refractivity contribution in [2.75, 3.05) is 12.3 Å². The second kappa shape index (κ2) is 6.46. The quantitative estimate of drug-likeness (QED) is 0.457. The van der Waals surface area contributed by atoms with E-state index in [1.807, 2.05) is 0 Å². The normalized spacial score (nSPS) is 11.4. The Morgan fingerprint density at radius 3 is 2.28 bits per heavy atom. The van der Waals surface area contributed by atoms with Gasteiger partial charge in [-0.25, -0.2) is 8.42 Å². The Labute approximate surface area is 106 Å². The van der Waals surface area contributed by atoms with Gasteiger partial charge in [-0.3, -0.25) is 10.1 Å². The fraction of sp³-hybridized carbons (Fsp3) is 0.455. The van der Waals surface area contributed by atoms with Gasteiger partial charge in [-0.05, 0) is 24.9 Å². The van der Waals surface area contributed by atoms with E-state index in [2.05, 4.69) is 0 Å². The van der Waals surface area contributed by atoms with Crippen molar-refractivity contribution >= 4 is 15.5 Å². The number of nitro benzene ring substituents is 1. The van der Waals surface area contributed by atoms with Gasteiger partial charge >= 0.3 is 0 Å². The minimum atomic E-state index is -3.17. The highest BCUT2D eigenvalue weighted by Crippen LogP contribution is 2.14. The van der Waals surface area contributed by atoms with Crippen LogP contribution in [-0.2, 0) is 15.6 Å². The largest absolute Gasteiger partial charge is 0.330 e. The predicted molar refractivity (Wildman–Crippen MR) is 68.9 cm³/mol. The smallest absolute Gasteiger partial charge is 0.269 e. The number of unbranched alkanes of at least 4 members (excludes halogenated alkanes) is 1.